The van der Waals surface area contributed by atoms with Crippen LogP contribution in [0.2, 0.25) is 0 Å². The molecule has 1 heterocycles. The van der Waals surface area contributed by atoms with Crippen molar-refractivity contribution in [3.8, 4) is 11.5 Å². The van der Waals surface area contributed by atoms with E-state index in [0.717, 1.165) is 5.56 Å². The third-order valence-corrected chi connectivity index (χ3v) is 3.39. The average molecular weight is 337 g/mol. The molecule has 0 saturated heterocycles. The zero-order valence-corrected chi connectivity index (χ0v) is 13.7. The number of cyclic esters (lactones) is 1. The van der Waals surface area contributed by atoms with Crippen LogP contribution in [0.25, 0.3) is 6.08 Å². The average Bonchev–Trinajstić information content (AvgIpc) is 2.96. The summed E-state index contributed by atoms with van der Waals surface area (Å²) in [6.45, 7) is 1.30. The second kappa shape index (κ2) is 7.00. The molecular formula is C19H15NO5. The van der Waals surface area contributed by atoms with Gasteiger partial charge in [0.1, 0.15) is 0 Å². The van der Waals surface area contributed by atoms with Gasteiger partial charge in [-0.2, -0.15) is 0 Å². The van der Waals surface area contributed by atoms with E-state index < -0.39 is 11.9 Å². The number of aliphatic imine (C=N–C) groups is 1. The molecule has 126 valence electrons. The Morgan fingerprint density at radius 3 is 2.56 bits per heavy atom. The van der Waals surface area contributed by atoms with Crippen LogP contribution < -0.4 is 9.47 Å². The van der Waals surface area contributed by atoms with Gasteiger partial charge in [-0.15, -0.1) is 0 Å². The van der Waals surface area contributed by atoms with Crippen LogP contribution in [0, 0.1) is 0 Å². The van der Waals surface area contributed by atoms with Crippen molar-refractivity contribution in [2.24, 2.45) is 4.99 Å². The molecule has 6 nitrogen and oxygen atoms in total. The highest BCUT2D eigenvalue weighted by molar-refractivity contribution is 6.12. The van der Waals surface area contributed by atoms with Gasteiger partial charge >= 0.3 is 11.9 Å². The Morgan fingerprint density at radius 2 is 1.88 bits per heavy atom. The highest BCUT2D eigenvalue weighted by Gasteiger charge is 2.24. The molecule has 1 aliphatic rings. The third kappa shape index (κ3) is 3.74. The highest BCUT2D eigenvalue weighted by Crippen LogP contribution is 2.30. The summed E-state index contributed by atoms with van der Waals surface area (Å²) >= 11 is 0. The normalized spacial score (nSPS) is 14.9. The van der Waals surface area contributed by atoms with Crippen LogP contribution in [-0.2, 0) is 14.3 Å². The molecule has 0 atom stereocenters. The second-order valence-electron chi connectivity index (χ2n) is 5.21. The van der Waals surface area contributed by atoms with Gasteiger partial charge in [0.05, 0.1) is 7.11 Å². The van der Waals surface area contributed by atoms with Crippen molar-refractivity contribution < 1.29 is 23.8 Å². The number of hydrogen-bond acceptors (Lipinski definition) is 6. The zero-order valence-electron chi connectivity index (χ0n) is 13.7. The van der Waals surface area contributed by atoms with E-state index in [2.05, 4.69) is 4.99 Å². The minimum absolute atomic E-state index is 0.165. The summed E-state index contributed by atoms with van der Waals surface area (Å²) in [5.74, 6) is -0.0650. The van der Waals surface area contributed by atoms with Crippen LogP contribution in [0.15, 0.2) is 59.2 Å². The predicted molar refractivity (Wildman–Crippen MR) is 91.4 cm³/mol. The van der Waals surface area contributed by atoms with Gasteiger partial charge in [-0.3, -0.25) is 4.79 Å². The molecule has 0 aromatic heterocycles. The van der Waals surface area contributed by atoms with Gasteiger partial charge in [0.15, 0.2) is 17.2 Å². The molecule has 2 aromatic carbocycles. The monoisotopic (exact) mass is 337 g/mol. The fourth-order valence-corrected chi connectivity index (χ4v) is 2.29. The standard InChI is InChI=1S/C19H15NO5/c1-12(21)24-17-11-13(8-9-16(17)23-2)10-15-19(22)25-18(20-15)14-6-4-3-5-7-14/h3-11H,1-2H3/b15-10+. The first kappa shape index (κ1) is 16.4. The van der Waals surface area contributed by atoms with E-state index in [4.69, 9.17) is 14.2 Å². The smallest absolute Gasteiger partial charge is 0.363 e. The van der Waals surface area contributed by atoms with E-state index >= 15 is 0 Å². The van der Waals surface area contributed by atoms with Crippen LogP contribution in [0.3, 0.4) is 0 Å². The van der Waals surface area contributed by atoms with Crippen LogP contribution >= 0.6 is 0 Å². The lowest BCUT2D eigenvalue weighted by molar-refractivity contribution is -0.132. The number of hydrogen-bond donors (Lipinski definition) is 0. The van der Waals surface area contributed by atoms with Crippen LogP contribution in [0.1, 0.15) is 18.1 Å². The number of nitrogens with zero attached hydrogens (tertiary/aromatic N) is 1. The number of esters is 2. The summed E-state index contributed by atoms with van der Waals surface area (Å²) in [6, 6.07) is 14.1. The fraction of sp³-hybridized carbons (Fsp3) is 0.105. The topological polar surface area (TPSA) is 74.2 Å². The Hall–Kier alpha value is -3.41. The predicted octanol–water partition coefficient (Wildman–Crippen LogP) is 2.97. The van der Waals surface area contributed by atoms with E-state index in [1.807, 2.05) is 18.2 Å². The quantitative estimate of drug-likeness (QED) is 0.487. The molecule has 0 aliphatic carbocycles. The minimum Gasteiger partial charge on any atom is -0.493 e. The third-order valence-electron chi connectivity index (χ3n) is 3.39. The molecule has 0 fully saturated rings. The Morgan fingerprint density at radius 1 is 1.12 bits per heavy atom. The summed E-state index contributed by atoms with van der Waals surface area (Å²) in [7, 11) is 1.48. The molecule has 0 bridgehead atoms. The lowest BCUT2D eigenvalue weighted by atomic mass is 10.1. The SMILES string of the molecule is COc1ccc(/C=C2/N=C(c3ccccc3)OC2=O)cc1OC(C)=O. The fourth-order valence-electron chi connectivity index (χ4n) is 2.29. The molecule has 0 radical (unpaired) electrons. The number of benzene rings is 2. The first-order chi connectivity index (χ1) is 12.1. The minimum atomic E-state index is -0.538. The van der Waals surface area contributed by atoms with Gasteiger partial charge in [0.25, 0.3) is 0 Å². The maximum absolute atomic E-state index is 12.0. The van der Waals surface area contributed by atoms with E-state index in [1.54, 1.807) is 36.4 Å². The molecule has 0 amide bonds. The number of rotatable bonds is 4. The molecule has 25 heavy (non-hydrogen) atoms. The van der Waals surface area contributed by atoms with Crippen molar-refractivity contribution in [3.05, 3.63) is 65.4 Å². The number of methoxy groups -OCH3 is 1. The lowest BCUT2D eigenvalue weighted by Crippen LogP contribution is -2.05. The molecule has 6 heteroatoms. The van der Waals surface area contributed by atoms with E-state index in [0.29, 0.717) is 11.3 Å². The summed E-state index contributed by atoms with van der Waals surface area (Å²) < 4.78 is 15.5. The molecule has 3 rings (SSSR count). The molecule has 0 N–H and O–H groups in total. The molecule has 0 saturated carbocycles. The Kier molecular flexibility index (Phi) is 4.61. The van der Waals surface area contributed by atoms with Crippen LogP contribution in [0.4, 0.5) is 0 Å². The maximum Gasteiger partial charge on any atom is 0.363 e. The van der Waals surface area contributed by atoms with Gasteiger partial charge in [-0.1, -0.05) is 24.3 Å². The van der Waals surface area contributed by atoms with Gasteiger partial charge < -0.3 is 14.2 Å². The molecule has 2 aromatic rings. The van der Waals surface area contributed by atoms with Crippen LogP contribution in [-0.4, -0.2) is 24.9 Å². The van der Waals surface area contributed by atoms with E-state index in [-0.39, 0.29) is 17.3 Å². The second-order valence-corrected chi connectivity index (χ2v) is 5.21. The first-order valence-electron chi connectivity index (χ1n) is 7.51. The Balaban J connectivity index is 1.93. The van der Waals surface area contributed by atoms with Gasteiger partial charge in [0.2, 0.25) is 5.90 Å². The van der Waals surface area contributed by atoms with E-state index in [1.165, 1.54) is 14.0 Å². The lowest BCUT2D eigenvalue weighted by Gasteiger charge is -2.08. The summed E-state index contributed by atoms with van der Waals surface area (Å²) in [4.78, 5) is 27.5. The summed E-state index contributed by atoms with van der Waals surface area (Å²) in [6.07, 6.45) is 1.56. The summed E-state index contributed by atoms with van der Waals surface area (Å²) in [5, 5.41) is 0. The molecular weight excluding hydrogens is 322 g/mol. The number of ether oxygens (including phenoxy) is 3. The summed E-state index contributed by atoms with van der Waals surface area (Å²) in [5.41, 5.74) is 1.51. The van der Waals surface area contributed by atoms with Crippen molar-refractivity contribution in [3.63, 3.8) is 0 Å². The van der Waals surface area contributed by atoms with Gasteiger partial charge in [-0.05, 0) is 35.9 Å². The van der Waals surface area contributed by atoms with Crippen molar-refractivity contribution in [1.29, 1.82) is 0 Å². The number of carbonyl (C=O) groups is 2. The van der Waals surface area contributed by atoms with Gasteiger partial charge in [0, 0.05) is 12.5 Å². The molecule has 0 spiro atoms. The number of carbonyl (C=O) groups excluding carboxylic acids is 2. The maximum atomic E-state index is 12.0. The highest BCUT2D eigenvalue weighted by atomic mass is 16.6. The Labute approximate surface area is 144 Å². The van der Waals surface area contributed by atoms with Crippen molar-refractivity contribution in [2.75, 3.05) is 7.11 Å². The van der Waals surface area contributed by atoms with Crippen LogP contribution in [0.5, 0.6) is 11.5 Å². The largest absolute Gasteiger partial charge is 0.493 e. The Bertz CT molecular complexity index is 884. The van der Waals surface area contributed by atoms with Crippen molar-refractivity contribution in [2.45, 2.75) is 6.92 Å². The van der Waals surface area contributed by atoms with E-state index in [9.17, 15) is 9.59 Å². The van der Waals surface area contributed by atoms with Gasteiger partial charge in [-0.25, -0.2) is 9.79 Å². The molecule has 1 aliphatic heterocycles. The molecule has 0 unspecified atom stereocenters. The zero-order chi connectivity index (χ0) is 17.8. The first-order valence-corrected chi connectivity index (χ1v) is 7.51. The van der Waals surface area contributed by atoms with Crippen molar-refractivity contribution >= 4 is 23.9 Å². The van der Waals surface area contributed by atoms with Crippen molar-refractivity contribution in [1.82, 2.24) is 0 Å².